The fraction of sp³-hybridized carbons (Fsp3) is 0.900. The van der Waals surface area contributed by atoms with E-state index in [9.17, 15) is 9.59 Å². The Morgan fingerprint density at radius 1 is 0.962 bits per heavy atom. The normalized spacial score (nSPS) is 24.5. The van der Waals surface area contributed by atoms with Crippen molar-refractivity contribution in [3.8, 4) is 0 Å². The van der Waals surface area contributed by atoms with E-state index in [0.29, 0.717) is 65.2 Å². The Morgan fingerprint density at radius 2 is 1.58 bits per heavy atom. The third-order valence-corrected chi connectivity index (χ3v) is 6.71. The van der Waals surface area contributed by atoms with Crippen molar-refractivity contribution in [1.29, 1.82) is 0 Å². The number of nitrogens with two attached hydrogens (primary N) is 1. The molecule has 6 nitrogen and oxygen atoms in total. The topological polar surface area (TPSA) is 75.9 Å². The summed E-state index contributed by atoms with van der Waals surface area (Å²) in [4.78, 5) is 29.4. The molecule has 6 heteroatoms. The summed E-state index contributed by atoms with van der Waals surface area (Å²) >= 11 is 0. The Morgan fingerprint density at radius 3 is 2.19 bits per heavy atom. The second-order valence-electron chi connectivity index (χ2n) is 8.31. The van der Waals surface area contributed by atoms with E-state index in [1.54, 1.807) is 0 Å². The second-order valence-corrected chi connectivity index (χ2v) is 8.31. The third kappa shape index (κ3) is 4.58. The number of rotatable bonds is 5. The first-order valence-corrected chi connectivity index (χ1v) is 10.5. The maximum absolute atomic E-state index is 13.0. The molecule has 2 heterocycles. The largest absolute Gasteiger partial charge is 0.381 e. The molecule has 2 saturated heterocycles. The third-order valence-electron chi connectivity index (χ3n) is 6.71. The summed E-state index contributed by atoms with van der Waals surface area (Å²) in [6, 6.07) is 0. The quantitative estimate of drug-likeness (QED) is 0.806. The minimum Gasteiger partial charge on any atom is -0.381 e. The van der Waals surface area contributed by atoms with Crippen molar-refractivity contribution < 1.29 is 14.3 Å². The molecular weight excluding hydrogens is 330 g/mol. The van der Waals surface area contributed by atoms with Crippen molar-refractivity contribution in [1.82, 2.24) is 9.80 Å². The van der Waals surface area contributed by atoms with Crippen LogP contribution in [0, 0.1) is 11.3 Å². The Bertz CT molecular complexity index is 477. The van der Waals surface area contributed by atoms with Gasteiger partial charge in [-0.05, 0) is 25.2 Å². The van der Waals surface area contributed by atoms with Gasteiger partial charge in [0.1, 0.15) is 0 Å². The highest BCUT2D eigenvalue weighted by molar-refractivity contribution is 5.83. The number of carbonyl (C=O) groups is 2. The lowest BCUT2D eigenvalue weighted by molar-refractivity contribution is -0.151. The lowest BCUT2D eigenvalue weighted by atomic mass is 9.78. The summed E-state index contributed by atoms with van der Waals surface area (Å²) in [6.07, 6.45) is 9.72. The van der Waals surface area contributed by atoms with E-state index in [-0.39, 0.29) is 11.8 Å². The highest BCUT2D eigenvalue weighted by atomic mass is 16.5. The van der Waals surface area contributed by atoms with Gasteiger partial charge in [0.25, 0.3) is 0 Å². The van der Waals surface area contributed by atoms with Crippen LogP contribution in [0.5, 0.6) is 0 Å². The molecule has 1 saturated carbocycles. The highest BCUT2D eigenvalue weighted by Gasteiger charge is 2.42. The Balaban J connectivity index is 1.44. The van der Waals surface area contributed by atoms with Crippen molar-refractivity contribution in [2.45, 2.75) is 57.8 Å². The predicted molar refractivity (Wildman–Crippen MR) is 101 cm³/mol. The average Bonchev–Trinajstić information content (AvgIpc) is 2.73. The van der Waals surface area contributed by atoms with E-state index in [1.807, 2.05) is 9.80 Å². The number of amides is 2. The maximum atomic E-state index is 13.0. The summed E-state index contributed by atoms with van der Waals surface area (Å²) in [5.74, 6) is 1.17. The van der Waals surface area contributed by atoms with Crippen LogP contribution in [0.25, 0.3) is 0 Å². The van der Waals surface area contributed by atoms with Gasteiger partial charge in [0.2, 0.25) is 11.8 Å². The van der Waals surface area contributed by atoms with Gasteiger partial charge < -0.3 is 20.3 Å². The molecule has 2 aliphatic heterocycles. The number of ether oxygens (including phenoxy) is 1. The van der Waals surface area contributed by atoms with E-state index < -0.39 is 5.41 Å². The van der Waals surface area contributed by atoms with Crippen LogP contribution >= 0.6 is 0 Å². The van der Waals surface area contributed by atoms with Crippen LogP contribution in [0.4, 0.5) is 0 Å². The first-order valence-electron chi connectivity index (χ1n) is 10.5. The van der Waals surface area contributed by atoms with Gasteiger partial charge in [0, 0.05) is 52.4 Å². The van der Waals surface area contributed by atoms with Gasteiger partial charge in [-0.15, -0.1) is 0 Å². The van der Waals surface area contributed by atoms with Crippen molar-refractivity contribution in [3.63, 3.8) is 0 Å². The number of hydrogen-bond donors (Lipinski definition) is 1. The van der Waals surface area contributed by atoms with Crippen molar-refractivity contribution in [2.24, 2.45) is 17.1 Å². The van der Waals surface area contributed by atoms with Crippen molar-refractivity contribution >= 4 is 11.8 Å². The molecule has 148 valence electrons. The van der Waals surface area contributed by atoms with E-state index in [0.717, 1.165) is 12.3 Å². The Labute approximate surface area is 157 Å². The zero-order valence-electron chi connectivity index (χ0n) is 16.1. The number of hydrogen-bond acceptors (Lipinski definition) is 4. The van der Waals surface area contributed by atoms with Crippen LogP contribution in [0.2, 0.25) is 0 Å². The molecule has 0 aromatic heterocycles. The molecule has 2 amide bonds. The van der Waals surface area contributed by atoms with E-state index >= 15 is 0 Å². The van der Waals surface area contributed by atoms with Gasteiger partial charge >= 0.3 is 0 Å². The zero-order valence-corrected chi connectivity index (χ0v) is 16.1. The molecule has 3 fully saturated rings. The molecule has 0 radical (unpaired) electrons. The molecule has 3 rings (SSSR count). The van der Waals surface area contributed by atoms with Gasteiger partial charge in [-0.2, -0.15) is 0 Å². The van der Waals surface area contributed by atoms with Gasteiger partial charge in [0.05, 0.1) is 5.41 Å². The molecule has 3 aliphatic rings. The molecule has 0 atom stereocenters. The SMILES string of the molecule is NCC1(C(=O)N2CCN(C(=O)CCC3CCCCC3)CC2)CCOCC1. The first kappa shape index (κ1) is 19.6. The van der Waals surface area contributed by atoms with Gasteiger partial charge in [-0.1, -0.05) is 32.1 Å². The predicted octanol–water partition coefficient (Wildman–Crippen LogP) is 1.77. The van der Waals surface area contributed by atoms with E-state index in [1.165, 1.54) is 32.1 Å². The van der Waals surface area contributed by atoms with Crippen LogP contribution in [0.15, 0.2) is 0 Å². The molecule has 2 N–H and O–H groups in total. The molecule has 0 spiro atoms. The lowest BCUT2D eigenvalue weighted by Gasteiger charge is -2.42. The molecule has 0 aromatic rings. The lowest BCUT2D eigenvalue weighted by Crippen LogP contribution is -2.57. The number of piperazine rings is 1. The minimum atomic E-state index is -0.453. The van der Waals surface area contributed by atoms with Gasteiger partial charge in [-0.3, -0.25) is 9.59 Å². The smallest absolute Gasteiger partial charge is 0.230 e. The standard InChI is InChI=1S/C20H35N3O3/c21-16-20(8-14-26-15-9-20)19(25)23-12-10-22(11-13-23)18(24)7-6-17-4-2-1-3-5-17/h17H,1-16,21H2. The number of nitrogens with zero attached hydrogens (tertiary/aromatic N) is 2. The zero-order chi connectivity index (χ0) is 18.4. The highest BCUT2D eigenvalue weighted by Crippen LogP contribution is 2.32. The maximum Gasteiger partial charge on any atom is 0.230 e. The second kappa shape index (κ2) is 9.18. The van der Waals surface area contributed by atoms with Crippen LogP contribution in [0.1, 0.15) is 57.8 Å². The molecule has 0 bridgehead atoms. The van der Waals surface area contributed by atoms with Gasteiger partial charge in [-0.25, -0.2) is 0 Å². The van der Waals surface area contributed by atoms with Crippen LogP contribution in [-0.4, -0.2) is 67.6 Å². The molecule has 0 aromatic carbocycles. The molecule has 0 unspecified atom stereocenters. The number of carbonyl (C=O) groups excluding carboxylic acids is 2. The van der Waals surface area contributed by atoms with E-state index in [2.05, 4.69) is 0 Å². The van der Waals surface area contributed by atoms with Crippen LogP contribution in [0.3, 0.4) is 0 Å². The summed E-state index contributed by atoms with van der Waals surface area (Å²) in [6.45, 7) is 4.20. The van der Waals surface area contributed by atoms with Gasteiger partial charge in [0.15, 0.2) is 0 Å². The summed E-state index contributed by atoms with van der Waals surface area (Å²) < 4.78 is 5.41. The minimum absolute atomic E-state index is 0.164. The monoisotopic (exact) mass is 365 g/mol. The van der Waals surface area contributed by atoms with Crippen molar-refractivity contribution in [3.05, 3.63) is 0 Å². The Hall–Kier alpha value is -1.14. The fourth-order valence-corrected chi connectivity index (χ4v) is 4.72. The Kier molecular flexibility index (Phi) is 6.92. The summed E-state index contributed by atoms with van der Waals surface area (Å²) in [5.41, 5.74) is 5.51. The molecular formula is C20H35N3O3. The molecule has 1 aliphatic carbocycles. The average molecular weight is 366 g/mol. The fourth-order valence-electron chi connectivity index (χ4n) is 4.72. The van der Waals surface area contributed by atoms with E-state index in [4.69, 9.17) is 10.5 Å². The summed E-state index contributed by atoms with van der Waals surface area (Å²) in [7, 11) is 0. The van der Waals surface area contributed by atoms with Crippen molar-refractivity contribution in [2.75, 3.05) is 45.9 Å². The van der Waals surface area contributed by atoms with Crippen LogP contribution < -0.4 is 5.73 Å². The summed E-state index contributed by atoms with van der Waals surface area (Å²) in [5, 5.41) is 0. The first-order chi connectivity index (χ1) is 12.6. The van der Waals surface area contributed by atoms with Crippen LogP contribution in [-0.2, 0) is 14.3 Å². The molecule has 26 heavy (non-hydrogen) atoms.